The Bertz CT molecular complexity index is 245. The SMILES string of the molecule is CCC(CC)(CCO)CN=C(N)NC(C)(C)C.I. The second-order valence-electron chi connectivity index (χ2n) is 5.76. The van der Waals surface area contributed by atoms with Gasteiger partial charge in [-0.1, -0.05) is 13.8 Å². The van der Waals surface area contributed by atoms with Crippen molar-refractivity contribution in [2.75, 3.05) is 13.2 Å². The van der Waals surface area contributed by atoms with Gasteiger partial charge < -0.3 is 16.2 Å². The van der Waals surface area contributed by atoms with E-state index in [1.807, 2.05) is 0 Å². The van der Waals surface area contributed by atoms with E-state index in [-0.39, 0.29) is 41.5 Å². The Kier molecular flexibility index (Phi) is 10.1. The minimum absolute atomic E-state index is 0. The van der Waals surface area contributed by atoms with Crippen molar-refractivity contribution < 1.29 is 5.11 Å². The van der Waals surface area contributed by atoms with Crippen LogP contribution in [0.25, 0.3) is 0 Å². The van der Waals surface area contributed by atoms with Crippen LogP contribution in [0.15, 0.2) is 4.99 Å². The molecule has 0 atom stereocenters. The topological polar surface area (TPSA) is 70.6 Å². The molecule has 18 heavy (non-hydrogen) atoms. The summed E-state index contributed by atoms with van der Waals surface area (Å²) in [4.78, 5) is 4.41. The van der Waals surface area contributed by atoms with Crippen molar-refractivity contribution in [3.63, 3.8) is 0 Å². The molecule has 5 heteroatoms. The lowest BCUT2D eigenvalue weighted by atomic mass is 9.79. The molecular weight excluding hydrogens is 341 g/mol. The van der Waals surface area contributed by atoms with Crippen LogP contribution in [0, 0.1) is 5.41 Å². The number of aliphatic hydroxyl groups excluding tert-OH is 1. The molecule has 0 aliphatic carbocycles. The zero-order valence-electron chi connectivity index (χ0n) is 12.4. The maximum atomic E-state index is 9.12. The van der Waals surface area contributed by atoms with Gasteiger partial charge in [-0.05, 0) is 45.4 Å². The first-order valence-electron chi connectivity index (χ1n) is 6.47. The van der Waals surface area contributed by atoms with Gasteiger partial charge in [0.2, 0.25) is 0 Å². The van der Waals surface area contributed by atoms with Gasteiger partial charge in [-0.15, -0.1) is 24.0 Å². The Morgan fingerprint density at radius 3 is 2.06 bits per heavy atom. The smallest absolute Gasteiger partial charge is 0.189 e. The highest BCUT2D eigenvalue weighted by Gasteiger charge is 2.25. The number of aliphatic imine (C=N–C) groups is 1. The van der Waals surface area contributed by atoms with Crippen molar-refractivity contribution >= 4 is 29.9 Å². The summed E-state index contributed by atoms with van der Waals surface area (Å²) in [6, 6.07) is 0. The average molecular weight is 371 g/mol. The molecule has 0 spiro atoms. The molecule has 0 saturated carbocycles. The van der Waals surface area contributed by atoms with Crippen molar-refractivity contribution in [2.45, 2.75) is 59.4 Å². The normalized spacial score (nSPS) is 13.1. The molecule has 0 aromatic heterocycles. The number of nitrogens with two attached hydrogens (primary N) is 1. The van der Waals surface area contributed by atoms with Crippen LogP contribution in [0.3, 0.4) is 0 Å². The van der Waals surface area contributed by atoms with Crippen molar-refractivity contribution in [3.8, 4) is 0 Å². The number of nitrogens with zero attached hydrogens (tertiary/aromatic N) is 1. The summed E-state index contributed by atoms with van der Waals surface area (Å²) < 4.78 is 0. The third kappa shape index (κ3) is 8.13. The van der Waals surface area contributed by atoms with Crippen LogP contribution in [0.5, 0.6) is 0 Å². The molecule has 0 aliphatic heterocycles. The van der Waals surface area contributed by atoms with Crippen LogP contribution in [-0.4, -0.2) is 29.8 Å². The monoisotopic (exact) mass is 371 g/mol. The van der Waals surface area contributed by atoms with Gasteiger partial charge in [0.25, 0.3) is 0 Å². The number of hydrogen-bond acceptors (Lipinski definition) is 2. The minimum Gasteiger partial charge on any atom is -0.396 e. The number of guanidine groups is 1. The standard InChI is InChI=1S/C13H29N3O.HI/c1-6-13(7-2,8-9-17)10-15-11(14)16-12(3,4)5;/h17H,6-10H2,1-5H3,(H3,14,15,16);1H. The number of halogens is 1. The molecule has 0 aromatic rings. The molecule has 0 heterocycles. The van der Waals surface area contributed by atoms with E-state index in [1.165, 1.54) is 0 Å². The van der Waals surface area contributed by atoms with Gasteiger partial charge >= 0.3 is 0 Å². The van der Waals surface area contributed by atoms with Gasteiger partial charge in [-0.25, -0.2) is 0 Å². The number of nitrogens with one attached hydrogen (secondary N) is 1. The molecule has 0 aliphatic rings. The van der Waals surface area contributed by atoms with Gasteiger partial charge in [0.05, 0.1) is 0 Å². The molecule has 0 rings (SSSR count). The fourth-order valence-electron chi connectivity index (χ4n) is 1.82. The van der Waals surface area contributed by atoms with E-state index in [0.29, 0.717) is 12.5 Å². The fraction of sp³-hybridized carbons (Fsp3) is 0.923. The highest BCUT2D eigenvalue weighted by molar-refractivity contribution is 14.0. The number of rotatable bonds is 6. The molecule has 4 nitrogen and oxygen atoms in total. The Labute approximate surface area is 129 Å². The van der Waals surface area contributed by atoms with E-state index in [4.69, 9.17) is 10.8 Å². The van der Waals surface area contributed by atoms with Crippen LogP contribution in [0.2, 0.25) is 0 Å². The van der Waals surface area contributed by atoms with E-state index < -0.39 is 0 Å². The van der Waals surface area contributed by atoms with Gasteiger partial charge in [0.15, 0.2) is 5.96 Å². The minimum atomic E-state index is -0.0638. The van der Waals surface area contributed by atoms with Crippen molar-refractivity contribution in [3.05, 3.63) is 0 Å². The molecule has 0 fully saturated rings. The molecule has 0 bridgehead atoms. The second kappa shape index (κ2) is 8.96. The highest BCUT2D eigenvalue weighted by Crippen LogP contribution is 2.30. The first kappa shape index (κ1) is 20.3. The van der Waals surface area contributed by atoms with E-state index in [2.05, 4.69) is 44.9 Å². The van der Waals surface area contributed by atoms with Gasteiger partial charge in [-0.2, -0.15) is 0 Å². The van der Waals surface area contributed by atoms with Crippen LogP contribution < -0.4 is 11.1 Å². The van der Waals surface area contributed by atoms with Crippen LogP contribution in [0.4, 0.5) is 0 Å². The highest BCUT2D eigenvalue weighted by atomic mass is 127. The van der Waals surface area contributed by atoms with Crippen molar-refractivity contribution in [1.82, 2.24) is 5.32 Å². The molecule has 0 saturated heterocycles. The van der Waals surface area contributed by atoms with E-state index in [0.717, 1.165) is 19.3 Å². The summed E-state index contributed by atoms with van der Waals surface area (Å²) in [6.45, 7) is 11.3. The average Bonchev–Trinajstić information content (AvgIpc) is 2.22. The van der Waals surface area contributed by atoms with Gasteiger partial charge in [0.1, 0.15) is 0 Å². The Hall–Kier alpha value is -0.0400. The van der Waals surface area contributed by atoms with Gasteiger partial charge in [-0.3, -0.25) is 4.99 Å². The van der Waals surface area contributed by atoms with E-state index in [1.54, 1.807) is 0 Å². The van der Waals surface area contributed by atoms with Gasteiger partial charge in [0, 0.05) is 18.7 Å². The lowest BCUT2D eigenvalue weighted by molar-refractivity contribution is 0.175. The van der Waals surface area contributed by atoms with E-state index >= 15 is 0 Å². The zero-order chi connectivity index (χ0) is 13.5. The summed E-state index contributed by atoms with van der Waals surface area (Å²) in [7, 11) is 0. The summed E-state index contributed by atoms with van der Waals surface area (Å²) in [6.07, 6.45) is 2.80. The summed E-state index contributed by atoms with van der Waals surface area (Å²) in [5.41, 5.74) is 5.87. The maximum absolute atomic E-state index is 9.12. The third-order valence-electron chi connectivity index (χ3n) is 3.23. The Morgan fingerprint density at radius 1 is 1.22 bits per heavy atom. The van der Waals surface area contributed by atoms with Crippen LogP contribution >= 0.6 is 24.0 Å². The number of aliphatic hydroxyl groups is 1. The molecular formula is C13H30IN3O. The first-order valence-corrected chi connectivity index (χ1v) is 6.47. The van der Waals surface area contributed by atoms with Crippen molar-refractivity contribution in [1.29, 1.82) is 0 Å². The molecule has 0 radical (unpaired) electrons. The largest absolute Gasteiger partial charge is 0.396 e. The second-order valence-corrected chi connectivity index (χ2v) is 5.76. The quantitative estimate of drug-likeness (QED) is 0.382. The van der Waals surface area contributed by atoms with Crippen LogP contribution in [0.1, 0.15) is 53.9 Å². The lowest BCUT2D eigenvalue weighted by Crippen LogP contribution is -2.45. The first-order chi connectivity index (χ1) is 7.78. The fourth-order valence-corrected chi connectivity index (χ4v) is 1.82. The lowest BCUT2D eigenvalue weighted by Gasteiger charge is -2.30. The molecule has 110 valence electrons. The number of hydrogen-bond donors (Lipinski definition) is 3. The molecule has 0 amide bonds. The predicted molar refractivity (Wildman–Crippen MR) is 89.5 cm³/mol. The van der Waals surface area contributed by atoms with E-state index in [9.17, 15) is 0 Å². The predicted octanol–water partition coefficient (Wildman–Crippen LogP) is 2.50. The zero-order valence-corrected chi connectivity index (χ0v) is 14.7. The summed E-state index contributed by atoms with van der Waals surface area (Å²) in [5.74, 6) is 0.488. The maximum Gasteiger partial charge on any atom is 0.189 e. The third-order valence-corrected chi connectivity index (χ3v) is 3.23. The van der Waals surface area contributed by atoms with Crippen molar-refractivity contribution in [2.24, 2.45) is 16.1 Å². The Morgan fingerprint density at radius 2 is 1.72 bits per heavy atom. The molecule has 4 N–H and O–H groups in total. The summed E-state index contributed by atoms with van der Waals surface area (Å²) in [5, 5.41) is 12.3. The molecule has 0 aromatic carbocycles. The summed E-state index contributed by atoms with van der Waals surface area (Å²) >= 11 is 0. The van der Waals surface area contributed by atoms with Crippen LogP contribution in [-0.2, 0) is 0 Å². The Balaban J connectivity index is 0. The molecule has 0 unspecified atom stereocenters.